The monoisotopic (exact) mass is 260 g/mol. The molecule has 0 amide bonds. The van der Waals surface area contributed by atoms with Gasteiger partial charge in [-0.3, -0.25) is 0 Å². The molecule has 106 valence electrons. The van der Waals surface area contributed by atoms with Crippen LogP contribution in [-0.2, 0) is 6.42 Å². The molecular formula is C18H28O. The van der Waals surface area contributed by atoms with Crippen molar-refractivity contribution in [2.45, 2.75) is 64.9 Å². The second kappa shape index (κ2) is 6.09. The summed E-state index contributed by atoms with van der Waals surface area (Å²) in [5.41, 5.74) is 2.14. The lowest BCUT2D eigenvalue weighted by atomic mass is 9.84. The fraction of sp³-hybridized carbons (Fsp3) is 0.667. The Morgan fingerprint density at radius 1 is 1.21 bits per heavy atom. The van der Waals surface area contributed by atoms with E-state index in [-0.39, 0.29) is 0 Å². The molecule has 0 aromatic heterocycles. The zero-order valence-electron chi connectivity index (χ0n) is 12.7. The Morgan fingerprint density at radius 3 is 2.63 bits per heavy atom. The van der Waals surface area contributed by atoms with E-state index in [9.17, 15) is 5.11 Å². The molecule has 2 atom stereocenters. The van der Waals surface area contributed by atoms with Crippen LogP contribution in [0, 0.1) is 18.8 Å². The van der Waals surface area contributed by atoms with Crippen LogP contribution in [0.3, 0.4) is 0 Å². The third-order valence-electron chi connectivity index (χ3n) is 4.92. The number of hydrogen-bond acceptors (Lipinski definition) is 1. The zero-order chi connectivity index (χ0) is 13.9. The van der Waals surface area contributed by atoms with Crippen LogP contribution in [0.1, 0.15) is 57.1 Å². The summed E-state index contributed by atoms with van der Waals surface area (Å²) in [5.74, 6) is 1.55. The Hall–Kier alpha value is -0.820. The van der Waals surface area contributed by atoms with Crippen molar-refractivity contribution in [3.8, 4) is 0 Å². The summed E-state index contributed by atoms with van der Waals surface area (Å²) in [4.78, 5) is 0. The normalized spacial score (nSPS) is 28.4. The van der Waals surface area contributed by atoms with Crippen LogP contribution < -0.4 is 0 Å². The van der Waals surface area contributed by atoms with E-state index in [1.807, 2.05) is 0 Å². The van der Waals surface area contributed by atoms with Gasteiger partial charge in [-0.05, 0) is 49.1 Å². The number of aryl methyl sites for hydroxylation is 1. The van der Waals surface area contributed by atoms with Crippen LogP contribution in [-0.4, -0.2) is 10.7 Å². The fourth-order valence-corrected chi connectivity index (χ4v) is 3.42. The lowest BCUT2D eigenvalue weighted by molar-refractivity contribution is 0.0235. The average Bonchev–Trinajstić information content (AvgIpc) is 2.55. The number of rotatable bonds is 3. The molecule has 0 radical (unpaired) electrons. The quantitative estimate of drug-likeness (QED) is 0.793. The number of benzene rings is 1. The molecule has 2 rings (SSSR count). The molecule has 2 unspecified atom stereocenters. The van der Waals surface area contributed by atoms with E-state index in [1.54, 1.807) is 0 Å². The Morgan fingerprint density at radius 2 is 1.95 bits per heavy atom. The Balaban J connectivity index is 2.05. The summed E-state index contributed by atoms with van der Waals surface area (Å²) in [6.45, 7) is 6.78. The van der Waals surface area contributed by atoms with Crippen LogP contribution in [0.5, 0.6) is 0 Å². The van der Waals surface area contributed by atoms with Gasteiger partial charge in [0.05, 0.1) is 5.60 Å². The van der Waals surface area contributed by atoms with Crippen LogP contribution in [0.25, 0.3) is 0 Å². The van der Waals surface area contributed by atoms with Gasteiger partial charge in [0.25, 0.3) is 0 Å². The van der Waals surface area contributed by atoms with Gasteiger partial charge in [0.1, 0.15) is 0 Å². The van der Waals surface area contributed by atoms with E-state index < -0.39 is 5.60 Å². The van der Waals surface area contributed by atoms with Crippen molar-refractivity contribution in [1.29, 1.82) is 0 Å². The van der Waals surface area contributed by atoms with Gasteiger partial charge >= 0.3 is 0 Å². The van der Waals surface area contributed by atoms with E-state index in [1.165, 1.54) is 30.4 Å². The first-order valence-electron chi connectivity index (χ1n) is 7.77. The molecule has 1 heteroatoms. The maximum absolute atomic E-state index is 10.9. The van der Waals surface area contributed by atoms with E-state index in [2.05, 4.69) is 45.0 Å². The summed E-state index contributed by atoms with van der Waals surface area (Å²) in [6, 6.07) is 8.47. The highest BCUT2D eigenvalue weighted by Crippen LogP contribution is 2.36. The van der Waals surface area contributed by atoms with Gasteiger partial charge < -0.3 is 5.11 Å². The average molecular weight is 260 g/mol. The SMILES string of the molecule is Cc1ccccc1CC1(O)CCCC(C(C)C)CC1. The van der Waals surface area contributed by atoms with Crippen molar-refractivity contribution in [2.24, 2.45) is 11.8 Å². The summed E-state index contributed by atoms with van der Waals surface area (Å²) >= 11 is 0. The predicted octanol–water partition coefficient (Wildman–Crippen LogP) is 4.50. The minimum absolute atomic E-state index is 0.476. The molecule has 0 bridgehead atoms. The maximum Gasteiger partial charge on any atom is 0.0688 e. The summed E-state index contributed by atoms with van der Waals surface area (Å²) in [6.07, 6.45) is 6.39. The Bertz CT molecular complexity index is 410. The second-order valence-corrected chi connectivity index (χ2v) is 6.76. The first-order chi connectivity index (χ1) is 9.00. The minimum atomic E-state index is -0.476. The van der Waals surface area contributed by atoms with Crippen molar-refractivity contribution in [3.05, 3.63) is 35.4 Å². The zero-order valence-corrected chi connectivity index (χ0v) is 12.7. The summed E-state index contributed by atoms with van der Waals surface area (Å²) < 4.78 is 0. The molecule has 0 spiro atoms. The molecular weight excluding hydrogens is 232 g/mol. The molecule has 0 aliphatic heterocycles. The van der Waals surface area contributed by atoms with E-state index in [0.29, 0.717) is 0 Å². The smallest absolute Gasteiger partial charge is 0.0688 e. The first-order valence-corrected chi connectivity index (χ1v) is 7.77. The number of hydrogen-bond donors (Lipinski definition) is 1. The molecule has 1 aliphatic rings. The van der Waals surface area contributed by atoms with Crippen molar-refractivity contribution in [1.82, 2.24) is 0 Å². The molecule has 0 heterocycles. The summed E-state index contributed by atoms with van der Waals surface area (Å²) in [7, 11) is 0. The van der Waals surface area contributed by atoms with Gasteiger partial charge in [0.2, 0.25) is 0 Å². The topological polar surface area (TPSA) is 20.2 Å². The third-order valence-corrected chi connectivity index (χ3v) is 4.92. The molecule has 1 aliphatic carbocycles. The number of aliphatic hydroxyl groups is 1. The van der Waals surface area contributed by atoms with Crippen molar-refractivity contribution in [3.63, 3.8) is 0 Å². The van der Waals surface area contributed by atoms with E-state index in [0.717, 1.165) is 31.1 Å². The van der Waals surface area contributed by atoms with Crippen LogP contribution in [0.4, 0.5) is 0 Å². The fourth-order valence-electron chi connectivity index (χ4n) is 3.42. The third kappa shape index (κ3) is 3.82. The van der Waals surface area contributed by atoms with Gasteiger partial charge in [0, 0.05) is 6.42 Å². The lowest BCUT2D eigenvalue weighted by Crippen LogP contribution is -2.31. The molecule has 1 aromatic rings. The minimum Gasteiger partial charge on any atom is -0.390 e. The second-order valence-electron chi connectivity index (χ2n) is 6.76. The van der Waals surface area contributed by atoms with Crippen LogP contribution >= 0.6 is 0 Å². The van der Waals surface area contributed by atoms with Crippen molar-refractivity contribution >= 4 is 0 Å². The standard InChI is InChI=1S/C18H28O/c1-14(2)16-9-6-11-18(19,12-10-16)13-17-8-5-4-7-15(17)3/h4-5,7-8,14,16,19H,6,9-13H2,1-3H3. The highest BCUT2D eigenvalue weighted by Gasteiger charge is 2.32. The predicted molar refractivity (Wildman–Crippen MR) is 81.2 cm³/mol. The van der Waals surface area contributed by atoms with E-state index >= 15 is 0 Å². The van der Waals surface area contributed by atoms with Crippen molar-refractivity contribution in [2.75, 3.05) is 0 Å². The van der Waals surface area contributed by atoms with Gasteiger partial charge in [-0.15, -0.1) is 0 Å². The summed E-state index contributed by atoms with van der Waals surface area (Å²) in [5, 5.41) is 10.9. The van der Waals surface area contributed by atoms with Crippen LogP contribution in [0.2, 0.25) is 0 Å². The van der Waals surface area contributed by atoms with Crippen molar-refractivity contribution < 1.29 is 5.11 Å². The highest BCUT2D eigenvalue weighted by atomic mass is 16.3. The van der Waals surface area contributed by atoms with Gasteiger partial charge in [-0.1, -0.05) is 51.0 Å². The molecule has 1 N–H and O–H groups in total. The highest BCUT2D eigenvalue weighted by molar-refractivity contribution is 5.27. The molecule has 1 saturated carbocycles. The molecule has 1 nitrogen and oxygen atoms in total. The molecule has 1 aromatic carbocycles. The Kier molecular flexibility index (Phi) is 4.67. The first kappa shape index (κ1) is 14.6. The van der Waals surface area contributed by atoms with Gasteiger partial charge in [0.15, 0.2) is 0 Å². The van der Waals surface area contributed by atoms with E-state index in [4.69, 9.17) is 0 Å². The molecule has 19 heavy (non-hydrogen) atoms. The molecule has 0 saturated heterocycles. The van der Waals surface area contributed by atoms with Gasteiger partial charge in [-0.25, -0.2) is 0 Å². The Labute approximate surface area is 118 Å². The molecule has 1 fully saturated rings. The van der Waals surface area contributed by atoms with Crippen LogP contribution in [0.15, 0.2) is 24.3 Å². The maximum atomic E-state index is 10.9. The van der Waals surface area contributed by atoms with Gasteiger partial charge in [-0.2, -0.15) is 0 Å². The lowest BCUT2D eigenvalue weighted by Gasteiger charge is -2.28. The largest absolute Gasteiger partial charge is 0.390 e.